The molecule has 2 aliphatic heterocycles. The van der Waals surface area contributed by atoms with Gasteiger partial charge in [-0.3, -0.25) is 14.9 Å². The van der Waals surface area contributed by atoms with Crippen LogP contribution in [0.2, 0.25) is 0 Å². The lowest BCUT2D eigenvalue weighted by atomic mass is 9.88. The van der Waals surface area contributed by atoms with Crippen molar-refractivity contribution in [2.45, 2.75) is 12.1 Å². The molecule has 1 saturated heterocycles. The van der Waals surface area contributed by atoms with E-state index < -0.39 is 23.3 Å². The molecule has 4 aromatic rings. The van der Waals surface area contributed by atoms with Gasteiger partial charge in [-0.05, 0) is 46.5 Å². The zero-order valence-electron chi connectivity index (χ0n) is 17.7. The van der Waals surface area contributed by atoms with Gasteiger partial charge in [-0.2, -0.15) is 0 Å². The van der Waals surface area contributed by atoms with Crippen molar-refractivity contribution in [1.29, 1.82) is 0 Å². The van der Waals surface area contributed by atoms with Crippen molar-refractivity contribution in [1.82, 2.24) is 20.5 Å². The third-order valence-electron chi connectivity index (χ3n) is 6.36. The summed E-state index contributed by atoms with van der Waals surface area (Å²) in [7, 11) is 0. The molecule has 1 atom stereocenters. The third kappa shape index (κ3) is 3.16. The van der Waals surface area contributed by atoms with E-state index in [9.17, 15) is 18.8 Å². The first-order chi connectivity index (χ1) is 16.4. The molecule has 0 spiro atoms. The van der Waals surface area contributed by atoms with Gasteiger partial charge < -0.3 is 10.2 Å². The fourth-order valence-corrected chi connectivity index (χ4v) is 5.34. The molecule has 0 saturated carbocycles. The second-order valence-electron chi connectivity index (χ2n) is 8.39. The fourth-order valence-electron chi connectivity index (χ4n) is 4.63. The Morgan fingerprint density at radius 3 is 2.56 bits per heavy atom. The Balaban J connectivity index is 1.34. The third-order valence-corrected chi connectivity index (χ3v) is 7.15. The summed E-state index contributed by atoms with van der Waals surface area (Å²) in [6.07, 6.45) is 0. The van der Waals surface area contributed by atoms with Crippen LogP contribution in [-0.2, 0) is 16.9 Å². The van der Waals surface area contributed by atoms with Gasteiger partial charge in [-0.15, -0.1) is 11.3 Å². The topological polar surface area (TPSA) is 91.4 Å². The number of nitrogens with one attached hydrogen (secondary N) is 2. The number of hydrogen-bond acceptors (Lipinski definition) is 5. The van der Waals surface area contributed by atoms with Crippen LogP contribution in [0.25, 0.3) is 21.3 Å². The maximum absolute atomic E-state index is 13.7. The first-order valence-electron chi connectivity index (χ1n) is 10.6. The zero-order chi connectivity index (χ0) is 23.4. The van der Waals surface area contributed by atoms with E-state index in [2.05, 4.69) is 21.7 Å². The van der Waals surface area contributed by atoms with Gasteiger partial charge >= 0.3 is 6.03 Å². The van der Waals surface area contributed by atoms with Crippen LogP contribution in [0.5, 0.6) is 0 Å². The highest BCUT2D eigenvalue weighted by molar-refractivity contribution is 7.16. The van der Waals surface area contributed by atoms with Gasteiger partial charge in [0.15, 0.2) is 5.54 Å². The number of aromatic nitrogens is 1. The van der Waals surface area contributed by atoms with Crippen LogP contribution in [-0.4, -0.2) is 34.3 Å². The average Bonchev–Trinajstić information content (AvgIpc) is 3.50. The minimum Gasteiger partial charge on any atom is -0.331 e. The summed E-state index contributed by atoms with van der Waals surface area (Å²) in [5.74, 6) is -1.41. The predicted octanol–water partition coefficient (Wildman–Crippen LogP) is 3.79. The van der Waals surface area contributed by atoms with Crippen LogP contribution >= 0.6 is 11.3 Å². The second kappa shape index (κ2) is 7.46. The molecule has 2 aliphatic rings. The summed E-state index contributed by atoms with van der Waals surface area (Å²) in [6.45, 7) is 0.151. The van der Waals surface area contributed by atoms with E-state index in [-0.39, 0.29) is 24.6 Å². The molecular weight excluding hydrogens is 455 g/mol. The van der Waals surface area contributed by atoms with Crippen LogP contribution in [0.4, 0.5) is 9.18 Å². The number of fused-ring (bicyclic) bond motifs is 2. The van der Waals surface area contributed by atoms with E-state index in [1.165, 1.54) is 17.0 Å². The Labute approximate surface area is 197 Å². The molecule has 4 amide bonds. The van der Waals surface area contributed by atoms with Crippen molar-refractivity contribution in [3.8, 4) is 11.1 Å². The van der Waals surface area contributed by atoms with E-state index in [0.29, 0.717) is 11.1 Å². The smallest absolute Gasteiger partial charge is 0.322 e. The number of imide groups is 1. The van der Waals surface area contributed by atoms with E-state index in [1.807, 2.05) is 24.3 Å². The number of amides is 4. The molecule has 0 bridgehead atoms. The minimum absolute atomic E-state index is 0.0775. The van der Waals surface area contributed by atoms with Crippen LogP contribution < -0.4 is 10.6 Å². The van der Waals surface area contributed by atoms with E-state index in [4.69, 9.17) is 0 Å². The number of thiazole rings is 1. The maximum atomic E-state index is 13.7. The number of urea groups is 1. The highest BCUT2D eigenvalue weighted by Crippen LogP contribution is 2.33. The van der Waals surface area contributed by atoms with Gasteiger partial charge in [0.1, 0.15) is 5.82 Å². The van der Waals surface area contributed by atoms with Crippen molar-refractivity contribution in [2.75, 3.05) is 6.54 Å². The van der Waals surface area contributed by atoms with Crippen LogP contribution in [0.15, 0.2) is 66.2 Å². The molecular formula is C25H17FN4O3S. The molecule has 2 N–H and O–H groups in total. The molecule has 3 aromatic carbocycles. The van der Waals surface area contributed by atoms with Gasteiger partial charge in [0, 0.05) is 12.1 Å². The fraction of sp³-hybridized carbons (Fsp3) is 0.120. The van der Waals surface area contributed by atoms with Gasteiger partial charge in [-0.1, -0.05) is 36.4 Å². The summed E-state index contributed by atoms with van der Waals surface area (Å²) in [5.41, 5.74) is 4.74. The average molecular weight is 473 g/mol. The number of carbonyl (C=O) groups excluding carboxylic acids is 3. The molecule has 6 rings (SSSR count). The quantitative estimate of drug-likeness (QED) is 0.442. The molecule has 9 heteroatoms. The number of halogens is 1. The lowest BCUT2D eigenvalue weighted by Crippen LogP contribution is -2.52. The lowest BCUT2D eigenvalue weighted by Gasteiger charge is -2.31. The number of hydrogen-bond donors (Lipinski definition) is 2. The number of nitrogens with zero attached hydrogens (tertiary/aromatic N) is 2. The van der Waals surface area contributed by atoms with Crippen LogP contribution in [0, 0.1) is 5.82 Å². The van der Waals surface area contributed by atoms with Crippen molar-refractivity contribution in [3.63, 3.8) is 0 Å². The Morgan fingerprint density at radius 1 is 1.00 bits per heavy atom. The van der Waals surface area contributed by atoms with Crippen molar-refractivity contribution >= 4 is 39.4 Å². The summed E-state index contributed by atoms with van der Waals surface area (Å²) >= 11 is 1.56. The first-order valence-corrected chi connectivity index (χ1v) is 11.5. The molecule has 0 radical (unpaired) electrons. The number of benzene rings is 3. The van der Waals surface area contributed by atoms with E-state index in [1.54, 1.807) is 35.0 Å². The Bertz CT molecular complexity index is 1500. The summed E-state index contributed by atoms with van der Waals surface area (Å²) in [5, 5.41) is 5.02. The molecule has 34 heavy (non-hydrogen) atoms. The highest BCUT2D eigenvalue weighted by atomic mass is 32.1. The molecule has 1 aromatic heterocycles. The van der Waals surface area contributed by atoms with Crippen LogP contribution in [0.1, 0.15) is 21.5 Å². The van der Waals surface area contributed by atoms with Crippen molar-refractivity contribution in [2.24, 2.45) is 0 Å². The molecule has 1 fully saturated rings. The molecule has 0 aliphatic carbocycles. The summed E-state index contributed by atoms with van der Waals surface area (Å²) in [4.78, 5) is 43.8. The van der Waals surface area contributed by atoms with Gasteiger partial charge in [0.2, 0.25) is 0 Å². The molecule has 7 nitrogen and oxygen atoms in total. The normalized spacial score (nSPS) is 19.4. The first kappa shape index (κ1) is 20.5. The number of rotatable bonds is 4. The second-order valence-corrected chi connectivity index (χ2v) is 9.27. The van der Waals surface area contributed by atoms with E-state index >= 15 is 0 Å². The molecule has 3 heterocycles. The summed E-state index contributed by atoms with van der Waals surface area (Å²) < 4.78 is 14.7. The zero-order valence-corrected chi connectivity index (χ0v) is 18.5. The molecule has 0 unspecified atom stereocenters. The van der Waals surface area contributed by atoms with Crippen LogP contribution in [0.3, 0.4) is 0 Å². The lowest BCUT2D eigenvalue weighted by molar-refractivity contribution is -0.124. The Morgan fingerprint density at radius 2 is 1.79 bits per heavy atom. The highest BCUT2D eigenvalue weighted by Gasteiger charge is 2.50. The van der Waals surface area contributed by atoms with E-state index in [0.717, 1.165) is 21.3 Å². The molecule has 168 valence electrons. The maximum Gasteiger partial charge on any atom is 0.322 e. The van der Waals surface area contributed by atoms with Crippen molar-refractivity contribution < 1.29 is 18.8 Å². The SMILES string of the molecule is O=C1NC(=O)[C@@](CN2Cc3ccc(F)cc3C2=O)(c2ccc(-c3ccc4ncsc4c3)cc2)N1. The summed E-state index contributed by atoms with van der Waals surface area (Å²) in [6, 6.07) is 16.8. The standard InChI is InChI=1S/C25H17FN4O3S/c26-18-7-3-16-11-30(22(31)19(16)10-18)12-25(23(32)28-24(33)29-25)17-5-1-14(2-6-17)15-4-8-20-21(9-15)34-13-27-20/h1-10,13H,11-12H2,(H2,28,29,32,33)/t25-/m1/s1. The Hall–Kier alpha value is -4.11. The number of carbonyl (C=O) groups is 3. The van der Waals surface area contributed by atoms with Crippen molar-refractivity contribution in [3.05, 3.63) is 88.7 Å². The predicted molar refractivity (Wildman–Crippen MR) is 125 cm³/mol. The monoisotopic (exact) mass is 472 g/mol. The largest absolute Gasteiger partial charge is 0.331 e. The minimum atomic E-state index is -1.45. The Kier molecular flexibility index (Phi) is 4.50. The van der Waals surface area contributed by atoms with Gasteiger partial charge in [0.25, 0.3) is 11.8 Å². The van der Waals surface area contributed by atoms with Gasteiger partial charge in [-0.25, -0.2) is 14.2 Å². The van der Waals surface area contributed by atoms with Gasteiger partial charge in [0.05, 0.1) is 22.3 Å².